The van der Waals surface area contributed by atoms with Crippen LogP contribution in [0, 0.1) is 5.92 Å². The van der Waals surface area contributed by atoms with Crippen LogP contribution in [0.1, 0.15) is 24.0 Å². The van der Waals surface area contributed by atoms with Crippen LogP contribution >= 0.6 is 11.5 Å². The predicted octanol–water partition coefficient (Wildman–Crippen LogP) is 3.34. The summed E-state index contributed by atoms with van der Waals surface area (Å²) in [6, 6.07) is 5.58. The van der Waals surface area contributed by atoms with Crippen LogP contribution in [0.2, 0.25) is 0 Å². The molecule has 1 aliphatic heterocycles. The first-order valence-corrected chi connectivity index (χ1v) is 11.2. The number of benzene rings is 1. The molecule has 2 fully saturated rings. The van der Waals surface area contributed by atoms with Gasteiger partial charge in [0.15, 0.2) is 0 Å². The lowest BCUT2D eigenvalue weighted by atomic mass is 9.94. The molecule has 6 nitrogen and oxygen atoms in total. The Labute approximate surface area is 185 Å². The molecule has 168 valence electrons. The van der Waals surface area contributed by atoms with Crippen molar-refractivity contribution in [3.63, 3.8) is 0 Å². The Balaban J connectivity index is 1.21. The van der Waals surface area contributed by atoms with Crippen molar-refractivity contribution in [1.29, 1.82) is 0 Å². The Morgan fingerprint density at radius 2 is 1.97 bits per heavy atom. The summed E-state index contributed by atoms with van der Waals surface area (Å²) >= 11 is 1.24. The number of fused-ring (bicyclic) bond motifs is 1. The number of halogens is 3. The van der Waals surface area contributed by atoms with Gasteiger partial charge < -0.3 is 4.90 Å². The molecule has 0 amide bonds. The second-order valence-corrected chi connectivity index (χ2v) is 9.29. The minimum absolute atomic E-state index is 0.0436. The van der Waals surface area contributed by atoms with Gasteiger partial charge in [0.2, 0.25) is 0 Å². The van der Waals surface area contributed by atoms with Crippen LogP contribution in [0.5, 0.6) is 0 Å². The number of rotatable bonds is 6. The highest BCUT2D eigenvalue weighted by atomic mass is 32.1. The molecule has 0 spiro atoms. The summed E-state index contributed by atoms with van der Waals surface area (Å²) in [5.41, 5.74) is 0.553. The largest absolute Gasteiger partial charge is 0.416 e. The Morgan fingerprint density at radius 3 is 2.66 bits per heavy atom. The second kappa shape index (κ2) is 7.70. The fraction of sp³-hybridized carbons (Fsp3) is 0.409. The van der Waals surface area contributed by atoms with Gasteiger partial charge in [0, 0.05) is 48.4 Å². The smallest absolute Gasteiger partial charge is 0.302 e. The molecule has 3 aromatic rings. The van der Waals surface area contributed by atoms with Crippen molar-refractivity contribution in [3.8, 4) is 11.1 Å². The van der Waals surface area contributed by atoms with Crippen molar-refractivity contribution < 1.29 is 13.2 Å². The zero-order chi connectivity index (χ0) is 22.5. The van der Waals surface area contributed by atoms with E-state index in [1.165, 1.54) is 28.2 Å². The number of H-pyrrole nitrogens is 1. The molecule has 0 bridgehead atoms. The van der Waals surface area contributed by atoms with E-state index in [1.807, 2.05) is 0 Å². The highest BCUT2D eigenvalue weighted by Gasteiger charge is 2.60. The van der Waals surface area contributed by atoms with Gasteiger partial charge in [0.25, 0.3) is 5.56 Å². The summed E-state index contributed by atoms with van der Waals surface area (Å²) in [4.78, 5) is 29.0. The molecule has 0 radical (unpaired) electrons. The molecule has 1 aromatic carbocycles. The number of hydrogen-bond acceptors (Lipinski definition) is 5. The van der Waals surface area contributed by atoms with E-state index in [9.17, 15) is 22.8 Å². The van der Waals surface area contributed by atoms with Crippen LogP contribution in [0.3, 0.4) is 0 Å². The quantitative estimate of drug-likeness (QED) is 0.610. The van der Waals surface area contributed by atoms with Crippen LogP contribution in [0.25, 0.3) is 11.1 Å². The van der Waals surface area contributed by atoms with Gasteiger partial charge in [0.05, 0.1) is 11.1 Å². The summed E-state index contributed by atoms with van der Waals surface area (Å²) in [5, 5.41) is 1.76. The van der Waals surface area contributed by atoms with E-state index < -0.39 is 23.0 Å². The maximum absolute atomic E-state index is 12.8. The van der Waals surface area contributed by atoms with Crippen LogP contribution in [0.15, 0.2) is 51.6 Å². The van der Waals surface area contributed by atoms with Crippen LogP contribution < -0.4 is 11.2 Å². The van der Waals surface area contributed by atoms with Gasteiger partial charge in [-0.2, -0.15) is 13.2 Å². The Bertz CT molecular complexity index is 1230. The summed E-state index contributed by atoms with van der Waals surface area (Å²) in [6.07, 6.45) is 0.590. The molecule has 1 aliphatic carbocycles. The topological polar surface area (TPSA) is 71.0 Å². The fourth-order valence-electron chi connectivity index (χ4n) is 4.88. The lowest BCUT2D eigenvalue weighted by Crippen LogP contribution is -2.32. The summed E-state index contributed by atoms with van der Waals surface area (Å²) < 4.78 is 44.0. The molecule has 0 unspecified atom stereocenters. The van der Waals surface area contributed by atoms with Gasteiger partial charge in [-0.25, -0.2) is 9.17 Å². The molecule has 2 aliphatic rings. The van der Waals surface area contributed by atoms with E-state index in [4.69, 9.17) is 0 Å². The molecule has 1 saturated heterocycles. The van der Waals surface area contributed by atoms with Crippen molar-refractivity contribution >= 4 is 11.5 Å². The third kappa shape index (κ3) is 3.81. The zero-order valence-electron chi connectivity index (χ0n) is 17.1. The molecule has 3 heterocycles. The van der Waals surface area contributed by atoms with E-state index in [2.05, 4.69) is 14.3 Å². The summed E-state index contributed by atoms with van der Waals surface area (Å²) in [5.74, 6) is 0.465. The number of aryl methyl sites for hydroxylation is 1. The summed E-state index contributed by atoms with van der Waals surface area (Å²) in [7, 11) is 0. The van der Waals surface area contributed by atoms with Crippen molar-refractivity contribution in [2.75, 3.05) is 19.6 Å². The van der Waals surface area contributed by atoms with Crippen LogP contribution in [-0.2, 0) is 18.1 Å². The van der Waals surface area contributed by atoms with Gasteiger partial charge in [-0.05, 0) is 54.5 Å². The first-order chi connectivity index (χ1) is 15.3. The standard InChI is InChI=1S/C22H21F3N4O2S/c23-22(24,25)16-4-2-15(3-5-16)21-8-17(21)10-28(13-21)6-1-7-29-11-18(14-9-26-32-12-14)19(30)27-20(29)31/h2-5,9,11-12,17H,1,6-8,10,13H2,(H,27,30,31)/t17-,21+/m0/s1. The lowest BCUT2D eigenvalue weighted by molar-refractivity contribution is -0.137. The Hall–Kier alpha value is -2.72. The molecule has 32 heavy (non-hydrogen) atoms. The molecule has 5 rings (SSSR count). The molecular weight excluding hydrogens is 441 g/mol. The Morgan fingerprint density at radius 1 is 1.19 bits per heavy atom. The number of alkyl halides is 3. The second-order valence-electron chi connectivity index (χ2n) is 8.63. The monoisotopic (exact) mass is 462 g/mol. The molecule has 10 heteroatoms. The zero-order valence-corrected chi connectivity index (χ0v) is 17.9. The third-order valence-electron chi connectivity index (χ3n) is 6.63. The molecule has 1 saturated carbocycles. The van der Waals surface area contributed by atoms with E-state index in [1.54, 1.807) is 29.9 Å². The predicted molar refractivity (Wildman–Crippen MR) is 115 cm³/mol. The van der Waals surface area contributed by atoms with Crippen molar-refractivity contribution in [1.82, 2.24) is 18.8 Å². The van der Waals surface area contributed by atoms with E-state index in [-0.39, 0.29) is 5.41 Å². The van der Waals surface area contributed by atoms with E-state index in [0.717, 1.165) is 38.0 Å². The maximum atomic E-state index is 12.8. The molecule has 1 N–H and O–H groups in total. The van der Waals surface area contributed by atoms with E-state index >= 15 is 0 Å². The van der Waals surface area contributed by atoms with Gasteiger partial charge in [-0.1, -0.05) is 12.1 Å². The number of hydrogen-bond donors (Lipinski definition) is 1. The normalized spacial score (nSPS) is 22.8. The van der Waals surface area contributed by atoms with Crippen LogP contribution in [-0.4, -0.2) is 38.5 Å². The average molecular weight is 462 g/mol. The van der Waals surface area contributed by atoms with Gasteiger partial charge in [0.1, 0.15) is 0 Å². The Kier molecular flexibility index (Phi) is 5.09. The molecule has 2 aromatic heterocycles. The van der Waals surface area contributed by atoms with Gasteiger partial charge >= 0.3 is 11.9 Å². The molecule has 2 atom stereocenters. The first-order valence-electron chi connectivity index (χ1n) is 10.4. The minimum Gasteiger partial charge on any atom is -0.302 e. The number of nitrogens with zero attached hydrogens (tertiary/aromatic N) is 3. The minimum atomic E-state index is -4.32. The number of likely N-dealkylation sites (tertiary alicyclic amines) is 1. The first kappa shape index (κ1) is 21.1. The van der Waals surface area contributed by atoms with E-state index in [0.29, 0.717) is 23.6 Å². The highest BCUT2D eigenvalue weighted by molar-refractivity contribution is 7.03. The fourth-order valence-corrected chi connectivity index (χ4v) is 5.42. The van der Waals surface area contributed by atoms with Crippen LogP contribution in [0.4, 0.5) is 13.2 Å². The maximum Gasteiger partial charge on any atom is 0.416 e. The van der Waals surface area contributed by atoms with Gasteiger partial charge in [-0.15, -0.1) is 0 Å². The third-order valence-corrected chi connectivity index (χ3v) is 7.22. The number of aromatic nitrogens is 3. The number of piperidine rings is 1. The highest BCUT2D eigenvalue weighted by Crippen LogP contribution is 2.59. The van der Waals surface area contributed by atoms with Crippen molar-refractivity contribution in [3.05, 3.63) is 74.0 Å². The average Bonchev–Trinajstić information content (AvgIpc) is 3.08. The van der Waals surface area contributed by atoms with Crippen molar-refractivity contribution in [2.24, 2.45) is 5.92 Å². The summed E-state index contributed by atoms with van der Waals surface area (Å²) in [6.45, 7) is 2.97. The number of aromatic amines is 1. The van der Waals surface area contributed by atoms with Gasteiger partial charge in [-0.3, -0.25) is 14.3 Å². The lowest BCUT2D eigenvalue weighted by Gasteiger charge is -2.21. The van der Waals surface area contributed by atoms with Crippen molar-refractivity contribution in [2.45, 2.75) is 31.0 Å². The SMILES string of the molecule is O=c1[nH]c(=O)n(CCCN2C[C@@H]3C[C@]3(c3ccc(C(F)(F)F)cc3)C2)cc1-c1cnsc1. The molecular formula is C22H21F3N4O2S. The number of nitrogens with one attached hydrogen (secondary N) is 1.